The number of rotatable bonds is 2. The number of pyridine rings is 1. The molecule has 1 aromatic rings. The molecule has 11 heavy (non-hydrogen) atoms. The average molecular weight is 147 g/mol. The molecule has 3 heteroatoms. The third-order valence-corrected chi connectivity index (χ3v) is 1.36. The molecule has 1 heterocycles. The van der Waals surface area contributed by atoms with E-state index in [9.17, 15) is 0 Å². The zero-order valence-corrected chi connectivity index (χ0v) is 6.36. The average Bonchev–Trinajstić information content (AvgIpc) is 2.09. The summed E-state index contributed by atoms with van der Waals surface area (Å²) in [6.45, 7) is 2.57. The fourth-order valence-corrected chi connectivity index (χ4v) is 0.797. The topological polar surface area (TPSA) is 39.9 Å². The van der Waals surface area contributed by atoms with Gasteiger partial charge < -0.3 is 0 Å². The van der Waals surface area contributed by atoms with Gasteiger partial charge in [-0.2, -0.15) is 5.26 Å². The lowest BCUT2D eigenvalue weighted by Gasteiger charge is -2.09. The van der Waals surface area contributed by atoms with E-state index in [1.165, 1.54) is 4.90 Å². The highest BCUT2D eigenvalue weighted by molar-refractivity contribution is 5.42. The number of hydrogen-bond acceptors (Lipinski definition) is 3. The first-order valence-electron chi connectivity index (χ1n) is 3.46. The Hall–Kier alpha value is -1.56. The van der Waals surface area contributed by atoms with E-state index in [-0.39, 0.29) is 0 Å². The lowest BCUT2D eigenvalue weighted by molar-refractivity contribution is 0.992. The Labute approximate surface area is 65.9 Å². The third kappa shape index (κ3) is 1.68. The van der Waals surface area contributed by atoms with Gasteiger partial charge in [0.15, 0.2) is 6.19 Å². The summed E-state index contributed by atoms with van der Waals surface area (Å²) < 4.78 is 0. The normalized spacial score (nSPS) is 8.73. The fraction of sp³-hybridized carbons (Fsp3) is 0.250. The summed E-state index contributed by atoms with van der Waals surface area (Å²) in [7, 11) is 0. The van der Waals surface area contributed by atoms with Crippen LogP contribution in [-0.4, -0.2) is 11.5 Å². The molecule has 0 unspecified atom stereocenters. The van der Waals surface area contributed by atoms with Gasteiger partial charge in [-0.3, -0.25) is 4.90 Å². The van der Waals surface area contributed by atoms with Crippen molar-refractivity contribution >= 4 is 5.82 Å². The summed E-state index contributed by atoms with van der Waals surface area (Å²) in [5, 5.41) is 8.62. The van der Waals surface area contributed by atoms with Crippen LogP contribution in [-0.2, 0) is 0 Å². The van der Waals surface area contributed by atoms with Crippen LogP contribution in [0.25, 0.3) is 0 Å². The first-order chi connectivity index (χ1) is 5.38. The number of anilines is 1. The van der Waals surface area contributed by atoms with Gasteiger partial charge in [0.05, 0.1) is 0 Å². The predicted octanol–water partition coefficient (Wildman–Crippen LogP) is 1.39. The number of nitrogens with zero attached hydrogens (tertiary/aromatic N) is 3. The van der Waals surface area contributed by atoms with Crippen molar-refractivity contribution in [3.05, 3.63) is 24.4 Å². The van der Waals surface area contributed by atoms with Crippen LogP contribution in [0.5, 0.6) is 0 Å². The Morgan fingerprint density at radius 1 is 1.64 bits per heavy atom. The Morgan fingerprint density at radius 2 is 2.45 bits per heavy atom. The molecule has 1 rings (SSSR count). The summed E-state index contributed by atoms with van der Waals surface area (Å²) in [5.74, 6) is 0.706. The SMILES string of the molecule is CCN(C#N)c1ccccn1. The molecule has 0 saturated heterocycles. The minimum absolute atomic E-state index is 0.660. The summed E-state index contributed by atoms with van der Waals surface area (Å²) >= 11 is 0. The smallest absolute Gasteiger partial charge is 0.185 e. The second kappa shape index (κ2) is 3.57. The van der Waals surface area contributed by atoms with Crippen molar-refractivity contribution in [1.29, 1.82) is 5.26 Å². The molecule has 0 atom stereocenters. The molecule has 3 nitrogen and oxygen atoms in total. The summed E-state index contributed by atoms with van der Waals surface area (Å²) in [4.78, 5) is 5.55. The monoisotopic (exact) mass is 147 g/mol. The van der Waals surface area contributed by atoms with E-state index in [1.807, 2.05) is 31.3 Å². The minimum atomic E-state index is 0.660. The number of nitriles is 1. The minimum Gasteiger partial charge on any atom is -0.263 e. The van der Waals surface area contributed by atoms with Crippen molar-refractivity contribution in [3.63, 3.8) is 0 Å². The van der Waals surface area contributed by atoms with Crippen molar-refractivity contribution in [2.75, 3.05) is 11.4 Å². The predicted molar refractivity (Wildman–Crippen MR) is 42.9 cm³/mol. The molecular weight excluding hydrogens is 138 g/mol. The van der Waals surface area contributed by atoms with Crippen LogP contribution in [0.4, 0.5) is 5.82 Å². The molecule has 0 aliphatic heterocycles. The molecule has 0 aromatic carbocycles. The van der Waals surface area contributed by atoms with Gasteiger partial charge in [-0.15, -0.1) is 0 Å². The van der Waals surface area contributed by atoms with E-state index < -0.39 is 0 Å². The first-order valence-corrected chi connectivity index (χ1v) is 3.46. The van der Waals surface area contributed by atoms with Crippen LogP contribution >= 0.6 is 0 Å². The molecule has 0 spiro atoms. The van der Waals surface area contributed by atoms with E-state index in [0.717, 1.165) is 0 Å². The zero-order valence-electron chi connectivity index (χ0n) is 6.36. The van der Waals surface area contributed by atoms with Crippen molar-refractivity contribution in [2.24, 2.45) is 0 Å². The van der Waals surface area contributed by atoms with Crippen LogP contribution in [0.1, 0.15) is 6.92 Å². The van der Waals surface area contributed by atoms with Gasteiger partial charge >= 0.3 is 0 Å². The summed E-state index contributed by atoms with van der Waals surface area (Å²) in [6.07, 6.45) is 3.71. The largest absolute Gasteiger partial charge is 0.263 e. The highest BCUT2D eigenvalue weighted by Crippen LogP contribution is 2.06. The van der Waals surface area contributed by atoms with E-state index in [2.05, 4.69) is 4.98 Å². The van der Waals surface area contributed by atoms with Crippen LogP contribution in [0, 0.1) is 11.5 Å². The Balaban J connectivity index is 2.85. The van der Waals surface area contributed by atoms with Crippen molar-refractivity contribution < 1.29 is 0 Å². The van der Waals surface area contributed by atoms with Crippen LogP contribution in [0.2, 0.25) is 0 Å². The molecule has 1 aromatic heterocycles. The Kier molecular flexibility index (Phi) is 2.45. The molecule has 0 bridgehead atoms. The summed E-state index contributed by atoms with van der Waals surface area (Å²) in [5.41, 5.74) is 0. The van der Waals surface area contributed by atoms with Gasteiger partial charge in [0.2, 0.25) is 0 Å². The quantitative estimate of drug-likeness (QED) is 0.468. The van der Waals surface area contributed by atoms with Crippen LogP contribution < -0.4 is 4.90 Å². The second-order valence-electron chi connectivity index (χ2n) is 2.03. The molecule has 0 radical (unpaired) electrons. The Bertz CT molecular complexity index is 250. The highest BCUT2D eigenvalue weighted by Gasteiger charge is 2.00. The van der Waals surface area contributed by atoms with Crippen LogP contribution in [0.3, 0.4) is 0 Å². The highest BCUT2D eigenvalue weighted by atomic mass is 15.2. The van der Waals surface area contributed by atoms with Crippen LogP contribution in [0.15, 0.2) is 24.4 Å². The molecule has 0 saturated carbocycles. The maximum atomic E-state index is 8.62. The fourth-order valence-electron chi connectivity index (χ4n) is 0.797. The lowest BCUT2D eigenvalue weighted by atomic mass is 10.4. The molecule has 0 aliphatic carbocycles. The van der Waals surface area contributed by atoms with Gasteiger partial charge in [0, 0.05) is 12.7 Å². The molecule has 0 N–H and O–H groups in total. The van der Waals surface area contributed by atoms with E-state index >= 15 is 0 Å². The van der Waals surface area contributed by atoms with Gasteiger partial charge in [-0.25, -0.2) is 4.98 Å². The maximum Gasteiger partial charge on any atom is 0.185 e. The Morgan fingerprint density at radius 3 is 2.91 bits per heavy atom. The molecular formula is C8H9N3. The van der Waals surface area contributed by atoms with E-state index in [0.29, 0.717) is 12.4 Å². The van der Waals surface area contributed by atoms with Gasteiger partial charge in [0.1, 0.15) is 5.82 Å². The van der Waals surface area contributed by atoms with Crippen molar-refractivity contribution in [1.82, 2.24) is 4.98 Å². The maximum absolute atomic E-state index is 8.62. The van der Waals surface area contributed by atoms with Crippen molar-refractivity contribution in [3.8, 4) is 6.19 Å². The van der Waals surface area contributed by atoms with Gasteiger partial charge in [-0.1, -0.05) is 6.07 Å². The number of hydrogen-bond donors (Lipinski definition) is 0. The third-order valence-electron chi connectivity index (χ3n) is 1.36. The molecule has 0 amide bonds. The molecule has 56 valence electrons. The van der Waals surface area contributed by atoms with E-state index in [1.54, 1.807) is 6.20 Å². The lowest BCUT2D eigenvalue weighted by Crippen LogP contribution is -2.15. The first kappa shape index (κ1) is 7.55. The van der Waals surface area contributed by atoms with E-state index in [4.69, 9.17) is 5.26 Å². The van der Waals surface area contributed by atoms with Gasteiger partial charge in [-0.05, 0) is 19.1 Å². The zero-order chi connectivity index (χ0) is 8.10. The second-order valence-corrected chi connectivity index (χ2v) is 2.03. The molecule has 0 fully saturated rings. The molecule has 0 aliphatic rings. The van der Waals surface area contributed by atoms with Gasteiger partial charge in [0.25, 0.3) is 0 Å². The number of aromatic nitrogens is 1. The van der Waals surface area contributed by atoms with Crippen molar-refractivity contribution in [2.45, 2.75) is 6.92 Å². The summed E-state index contributed by atoms with van der Waals surface area (Å²) in [6, 6.07) is 5.50. The standard InChI is InChI=1S/C8H9N3/c1-2-11(7-9)8-5-3-4-6-10-8/h3-6H,2H2,1H3.